The molecule has 0 radical (unpaired) electrons. The molecular weight excluding hydrogens is 590 g/mol. The maximum Gasteiger partial charge on any atom is 0.410 e. The van der Waals surface area contributed by atoms with Crippen molar-refractivity contribution < 1.29 is 23.9 Å². The Morgan fingerprint density at radius 2 is 1.30 bits per heavy atom. The van der Waals surface area contributed by atoms with E-state index >= 15 is 0 Å². The van der Waals surface area contributed by atoms with Gasteiger partial charge in [-0.15, -0.1) is 0 Å². The van der Waals surface area contributed by atoms with Gasteiger partial charge in [0.25, 0.3) is 0 Å². The third-order valence-electron chi connectivity index (χ3n) is 9.36. The maximum absolute atomic E-state index is 12.4. The largest absolute Gasteiger partial charge is 0.466 e. The van der Waals surface area contributed by atoms with Crippen LogP contribution in [0.5, 0.6) is 0 Å². The van der Waals surface area contributed by atoms with E-state index < -0.39 is 5.60 Å². The van der Waals surface area contributed by atoms with Gasteiger partial charge >= 0.3 is 12.1 Å². The van der Waals surface area contributed by atoms with Crippen LogP contribution in [0.25, 0.3) is 0 Å². The minimum atomic E-state index is -0.462. The van der Waals surface area contributed by atoms with Crippen LogP contribution in [0.3, 0.4) is 0 Å². The van der Waals surface area contributed by atoms with E-state index in [2.05, 4.69) is 23.6 Å². The Morgan fingerprint density at radius 1 is 0.723 bits per heavy atom. The van der Waals surface area contributed by atoms with Gasteiger partial charge in [-0.3, -0.25) is 9.69 Å². The van der Waals surface area contributed by atoms with Crippen LogP contribution in [-0.2, 0) is 19.1 Å². The number of hydrogen-bond acceptors (Lipinski definition) is 7. The number of hydrogen-bond donors (Lipinski definition) is 0. The molecule has 276 valence electrons. The fourth-order valence-electron chi connectivity index (χ4n) is 6.40. The third-order valence-corrected chi connectivity index (χ3v) is 9.36. The van der Waals surface area contributed by atoms with Crippen LogP contribution >= 0.6 is 0 Å². The summed E-state index contributed by atoms with van der Waals surface area (Å²) >= 11 is 0. The highest BCUT2D eigenvalue weighted by Crippen LogP contribution is 2.22. The summed E-state index contributed by atoms with van der Waals surface area (Å²) in [5.74, 6) is 0.776. The first-order chi connectivity index (χ1) is 22.7. The van der Waals surface area contributed by atoms with E-state index in [-0.39, 0.29) is 12.1 Å². The van der Waals surface area contributed by atoms with Crippen LogP contribution in [0.2, 0.25) is 0 Å². The number of unbranched alkanes of at least 4 members (excludes halogenated alkanes) is 11. The van der Waals surface area contributed by atoms with E-state index in [9.17, 15) is 14.4 Å². The molecule has 1 rings (SSSR count). The molecule has 0 N–H and O–H groups in total. The molecule has 1 aliphatic heterocycles. The molecule has 0 aromatic rings. The van der Waals surface area contributed by atoms with Crippen molar-refractivity contribution in [2.75, 3.05) is 59.0 Å². The van der Waals surface area contributed by atoms with E-state index in [0.29, 0.717) is 32.5 Å². The van der Waals surface area contributed by atoms with Crippen LogP contribution in [0.1, 0.15) is 163 Å². The molecule has 1 fully saturated rings. The van der Waals surface area contributed by atoms with E-state index in [1.807, 2.05) is 25.7 Å². The number of ether oxygens (including phenoxy) is 2. The molecule has 0 unspecified atom stereocenters. The van der Waals surface area contributed by atoms with Crippen LogP contribution in [0, 0.1) is 5.92 Å². The molecule has 47 heavy (non-hydrogen) atoms. The van der Waals surface area contributed by atoms with Gasteiger partial charge < -0.3 is 24.1 Å². The van der Waals surface area contributed by atoms with Crippen molar-refractivity contribution in [2.24, 2.45) is 5.92 Å². The second kappa shape index (κ2) is 28.2. The molecule has 0 aromatic heterocycles. The number of carbonyl (C=O) groups excluding carboxylic acids is 3. The van der Waals surface area contributed by atoms with Gasteiger partial charge in [0.05, 0.1) is 6.61 Å². The third kappa shape index (κ3) is 25.0. The summed E-state index contributed by atoms with van der Waals surface area (Å²) in [6, 6.07) is 0. The second-order valence-corrected chi connectivity index (χ2v) is 14.9. The van der Waals surface area contributed by atoms with Gasteiger partial charge in [-0.2, -0.15) is 0 Å². The monoisotopic (exact) mass is 666 g/mol. The lowest BCUT2D eigenvalue weighted by Gasteiger charge is -2.36. The standard InChI is InChI=1S/C39H75N3O5/c1-6-8-15-22-36(23-16-9-7-2)24-21-35-46-37(44)25-17-11-10-12-18-26-40(27-19-13-14-20-34-43)28-29-41-30-32-42(33-31-41)38(45)47-39(3,4)5/h34,36H,6-33,35H2,1-5H3. The van der Waals surface area contributed by atoms with Gasteiger partial charge in [-0.1, -0.05) is 90.9 Å². The first-order valence-electron chi connectivity index (χ1n) is 19.7. The smallest absolute Gasteiger partial charge is 0.410 e. The number of carbonyl (C=O) groups is 3. The molecule has 8 heteroatoms. The molecule has 0 spiro atoms. The highest BCUT2D eigenvalue weighted by molar-refractivity contribution is 5.69. The highest BCUT2D eigenvalue weighted by atomic mass is 16.6. The number of nitrogens with zero attached hydrogens (tertiary/aromatic N) is 3. The predicted octanol–water partition coefficient (Wildman–Crippen LogP) is 9.04. The molecule has 1 heterocycles. The van der Waals surface area contributed by atoms with Gasteiger partial charge in [0.1, 0.15) is 11.9 Å². The number of amides is 1. The Labute approximate surface area is 290 Å². The number of rotatable bonds is 29. The number of esters is 1. The fraction of sp³-hybridized carbons (Fsp3) is 0.923. The Kier molecular flexibility index (Phi) is 26.0. The number of piperazine rings is 1. The van der Waals surface area contributed by atoms with Crippen LogP contribution < -0.4 is 0 Å². The molecule has 0 aliphatic carbocycles. The molecular formula is C39H75N3O5. The second-order valence-electron chi connectivity index (χ2n) is 14.9. The molecule has 0 aromatic carbocycles. The minimum absolute atomic E-state index is 0.0220. The average molecular weight is 666 g/mol. The van der Waals surface area contributed by atoms with E-state index in [1.165, 1.54) is 70.6 Å². The van der Waals surface area contributed by atoms with Crippen LogP contribution in [0.15, 0.2) is 0 Å². The Bertz CT molecular complexity index is 769. The topological polar surface area (TPSA) is 79.4 Å². The molecule has 1 aliphatic rings. The Hall–Kier alpha value is -1.67. The van der Waals surface area contributed by atoms with Crippen molar-refractivity contribution in [1.29, 1.82) is 0 Å². The summed E-state index contributed by atoms with van der Waals surface area (Å²) in [7, 11) is 0. The Morgan fingerprint density at radius 3 is 1.89 bits per heavy atom. The van der Waals surface area contributed by atoms with Gasteiger partial charge in [0.2, 0.25) is 0 Å². The minimum Gasteiger partial charge on any atom is -0.466 e. The molecule has 0 atom stereocenters. The summed E-state index contributed by atoms with van der Waals surface area (Å²) in [4.78, 5) is 42.2. The highest BCUT2D eigenvalue weighted by Gasteiger charge is 2.26. The quantitative estimate of drug-likeness (QED) is 0.0448. The summed E-state index contributed by atoms with van der Waals surface area (Å²) in [5.41, 5.74) is -0.462. The van der Waals surface area contributed by atoms with Crippen molar-refractivity contribution in [3.63, 3.8) is 0 Å². The summed E-state index contributed by atoms with van der Waals surface area (Å²) < 4.78 is 11.1. The maximum atomic E-state index is 12.4. The fourth-order valence-corrected chi connectivity index (χ4v) is 6.40. The zero-order chi connectivity index (χ0) is 34.6. The van der Waals surface area contributed by atoms with Gasteiger partial charge in [-0.25, -0.2) is 4.79 Å². The zero-order valence-electron chi connectivity index (χ0n) is 31.5. The molecule has 1 amide bonds. The molecule has 1 saturated heterocycles. The van der Waals surface area contributed by atoms with Crippen LogP contribution in [0.4, 0.5) is 4.79 Å². The molecule has 0 saturated carbocycles. The SMILES string of the molecule is CCCCCC(CCCCC)CCCOC(=O)CCCCCCCN(CCCCCC=O)CCN1CCN(C(=O)OC(C)(C)C)CC1. The normalized spacial score (nSPS) is 14.2. The zero-order valence-corrected chi connectivity index (χ0v) is 31.5. The van der Waals surface area contributed by atoms with Crippen molar-refractivity contribution in [3.05, 3.63) is 0 Å². The summed E-state index contributed by atoms with van der Waals surface area (Å²) in [6.45, 7) is 18.3. The number of aldehydes is 1. The van der Waals surface area contributed by atoms with Gasteiger partial charge in [-0.05, 0) is 78.3 Å². The van der Waals surface area contributed by atoms with Crippen molar-refractivity contribution >= 4 is 18.3 Å². The lowest BCUT2D eigenvalue weighted by Crippen LogP contribution is -2.51. The van der Waals surface area contributed by atoms with Crippen LogP contribution in [-0.4, -0.2) is 97.6 Å². The van der Waals surface area contributed by atoms with Crippen molar-refractivity contribution in [3.8, 4) is 0 Å². The van der Waals surface area contributed by atoms with Crippen molar-refractivity contribution in [2.45, 2.75) is 169 Å². The van der Waals surface area contributed by atoms with Gasteiger partial charge in [0, 0.05) is 52.1 Å². The Balaban J connectivity index is 2.24. The first kappa shape index (κ1) is 43.4. The van der Waals surface area contributed by atoms with Crippen molar-refractivity contribution in [1.82, 2.24) is 14.7 Å². The summed E-state index contributed by atoms with van der Waals surface area (Å²) in [5, 5.41) is 0. The summed E-state index contributed by atoms with van der Waals surface area (Å²) in [6.07, 6.45) is 23.5. The molecule has 8 nitrogen and oxygen atoms in total. The van der Waals surface area contributed by atoms with Gasteiger partial charge in [0.15, 0.2) is 0 Å². The lowest BCUT2D eigenvalue weighted by atomic mass is 9.91. The average Bonchev–Trinajstić information content (AvgIpc) is 3.04. The van der Waals surface area contributed by atoms with E-state index in [1.54, 1.807) is 0 Å². The van der Waals surface area contributed by atoms with E-state index in [4.69, 9.17) is 9.47 Å². The predicted molar refractivity (Wildman–Crippen MR) is 195 cm³/mol. The molecule has 0 bridgehead atoms. The first-order valence-corrected chi connectivity index (χ1v) is 19.7. The van der Waals surface area contributed by atoms with E-state index in [0.717, 1.165) is 96.4 Å². The lowest BCUT2D eigenvalue weighted by molar-refractivity contribution is -0.144.